The molecule has 6 aromatic rings. The van der Waals surface area contributed by atoms with Crippen molar-refractivity contribution in [3.05, 3.63) is 177 Å². The number of hydrogen-bond donors (Lipinski definition) is 0. The van der Waals surface area contributed by atoms with Gasteiger partial charge in [0.1, 0.15) is 58.3 Å². The summed E-state index contributed by atoms with van der Waals surface area (Å²) >= 11 is 0. The molecule has 0 amide bonds. The van der Waals surface area contributed by atoms with Crippen LogP contribution >= 0.6 is 0 Å². The van der Waals surface area contributed by atoms with Gasteiger partial charge in [-0.2, -0.15) is 4.57 Å². The number of benzene rings is 5. The van der Waals surface area contributed by atoms with Crippen LogP contribution in [0.3, 0.4) is 0 Å². The van der Waals surface area contributed by atoms with Crippen LogP contribution in [0.5, 0.6) is 0 Å². The lowest BCUT2D eigenvalue weighted by molar-refractivity contribution is -0.683. The van der Waals surface area contributed by atoms with Crippen molar-refractivity contribution in [3.8, 4) is 0 Å². The van der Waals surface area contributed by atoms with Gasteiger partial charge >= 0.3 is 5.97 Å². The molecule has 1 heterocycles. The maximum Gasteiger partial charge on any atom is 0.363 e. The average Bonchev–Trinajstić information content (AvgIpc) is 3.28. The highest BCUT2D eigenvalue weighted by Gasteiger charge is 2.52. The van der Waals surface area contributed by atoms with E-state index in [9.17, 15) is 62.3 Å². The van der Waals surface area contributed by atoms with Crippen molar-refractivity contribution in [3.63, 3.8) is 0 Å². The molecule has 0 atom stereocenters. The number of halogens is 20. The molecule has 0 saturated carbocycles. The monoisotopic (exact) mass is 978 g/mol. The summed E-state index contributed by atoms with van der Waals surface area (Å²) in [7, 11) is 0. The summed E-state index contributed by atoms with van der Waals surface area (Å²) in [5.74, 6) is -71.9. The third-order valence-corrected chi connectivity index (χ3v) is 9.50. The quantitative estimate of drug-likeness (QED) is 0.0295. The number of ether oxygens (including phenoxy) is 1. The Morgan fingerprint density at radius 1 is 0.478 bits per heavy atom. The van der Waals surface area contributed by atoms with Gasteiger partial charge in [0.05, 0.1) is 6.20 Å². The summed E-state index contributed by atoms with van der Waals surface area (Å²) in [5.41, 5.74) is -14.1. The van der Waals surface area contributed by atoms with Crippen molar-refractivity contribution in [1.82, 2.24) is 4.98 Å². The van der Waals surface area contributed by atoms with E-state index < -0.39 is 156 Å². The summed E-state index contributed by atoms with van der Waals surface area (Å²) in [6.45, 7) is 5.52. The predicted molar refractivity (Wildman–Crippen MR) is 190 cm³/mol. The zero-order valence-electron chi connectivity index (χ0n) is 33.1. The topological polar surface area (TPSA) is 60.1 Å². The largest absolute Gasteiger partial charge is 0.455 e. The molecule has 6 rings (SSSR count). The first-order chi connectivity index (χ1) is 31.1. The Bertz CT molecular complexity index is 2620. The molecule has 0 aliphatic heterocycles. The fourth-order valence-corrected chi connectivity index (χ4v) is 6.72. The summed E-state index contributed by atoms with van der Waals surface area (Å²) < 4.78 is 301. The predicted octanol–water partition coefficient (Wildman–Crippen LogP) is 8.05. The van der Waals surface area contributed by atoms with Gasteiger partial charge in [-0.25, -0.2) is 97.6 Å². The highest BCUT2D eigenvalue weighted by molar-refractivity contribution is 7.20. The van der Waals surface area contributed by atoms with E-state index in [1.54, 1.807) is 43.7 Å². The Hall–Kier alpha value is -7.02. The third kappa shape index (κ3) is 8.75. The van der Waals surface area contributed by atoms with E-state index in [-0.39, 0.29) is 18.0 Å². The fraction of sp³-hybridized carbons (Fsp3) is 0.122. The maximum atomic E-state index is 15.4. The van der Waals surface area contributed by atoms with E-state index >= 15 is 35.1 Å². The molecule has 67 heavy (non-hydrogen) atoms. The highest BCUT2D eigenvalue weighted by Crippen LogP contribution is 2.31. The van der Waals surface area contributed by atoms with E-state index in [4.69, 9.17) is 4.74 Å². The first kappa shape index (κ1) is 51.0. The molecule has 0 aliphatic carbocycles. The molecule has 1 aromatic heterocycles. The van der Waals surface area contributed by atoms with E-state index in [1.165, 1.54) is 12.4 Å². The van der Waals surface area contributed by atoms with Gasteiger partial charge < -0.3 is 4.74 Å². The molecule has 26 heteroatoms. The Labute approximate surface area is 360 Å². The summed E-state index contributed by atoms with van der Waals surface area (Å²) in [4.78, 5) is 28.1. The van der Waals surface area contributed by atoms with E-state index in [2.05, 4.69) is 4.98 Å². The Kier molecular flexibility index (Phi) is 14.2. The first-order valence-electron chi connectivity index (χ1n) is 18.0. The Balaban J connectivity index is 0.000000319. The third-order valence-electron chi connectivity index (χ3n) is 9.50. The zero-order valence-corrected chi connectivity index (χ0v) is 33.1. The number of carbonyl (C=O) groups is 2. The standard InChI is InChI=1S/C24BF20.C17H19N2O3/c26-5-1(6(27)14(35)21(42)13(5)34)25(2-7(28)15(36)22(43)16(37)8(2)29,3-9(30)17(38)23(44)18(39)10(3)31)4-11(32)19(40)24(45)20(41)12(4)33;1-17(2,3)22-16(21)14-11-19(10-9-18-14)12-15(20)13-7-5-4-6-8-13/h;4-11H,12H2,1-3H3/q-1;+1. The minimum absolute atomic E-state index is 0.0352. The Morgan fingerprint density at radius 2 is 0.761 bits per heavy atom. The molecule has 0 N–H and O–H groups in total. The van der Waals surface area contributed by atoms with Crippen LogP contribution in [0.2, 0.25) is 0 Å². The van der Waals surface area contributed by atoms with Crippen LogP contribution in [-0.4, -0.2) is 28.5 Å². The average molecular weight is 978 g/mol. The van der Waals surface area contributed by atoms with Gasteiger partial charge in [-0.05, 0) is 20.8 Å². The van der Waals surface area contributed by atoms with Crippen molar-refractivity contribution < 1.29 is 107 Å². The zero-order chi connectivity index (χ0) is 50.5. The van der Waals surface area contributed by atoms with Crippen molar-refractivity contribution >= 4 is 39.7 Å². The molecule has 5 aromatic carbocycles. The van der Waals surface area contributed by atoms with Gasteiger partial charge in [0, 0.05) is 5.56 Å². The van der Waals surface area contributed by atoms with Crippen molar-refractivity contribution in [2.24, 2.45) is 0 Å². The van der Waals surface area contributed by atoms with Crippen LogP contribution in [0.15, 0.2) is 48.9 Å². The minimum atomic E-state index is -7.22. The molecular formula is C41H19BF20N2O3. The number of esters is 1. The van der Waals surface area contributed by atoms with Gasteiger partial charge in [-0.1, -0.05) is 30.3 Å². The maximum absolute atomic E-state index is 15.4. The Morgan fingerprint density at radius 3 is 1.04 bits per heavy atom. The second kappa shape index (κ2) is 18.7. The summed E-state index contributed by atoms with van der Waals surface area (Å²) in [5, 5.41) is 0. The molecule has 0 unspecified atom stereocenters. The molecule has 0 spiro atoms. The van der Waals surface area contributed by atoms with Crippen molar-refractivity contribution in [2.75, 3.05) is 0 Å². The lowest BCUT2D eigenvalue weighted by Crippen LogP contribution is -2.81. The number of nitrogens with zero attached hydrogens (tertiary/aromatic N) is 2. The van der Waals surface area contributed by atoms with Gasteiger partial charge in [0.2, 0.25) is 24.2 Å². The second-order valence-electron chi connectivity index (χ2n) is 14.7. The van der Waals surface area contributed by atoms with Crippen LogP contribution in [0.1, 0.15) is 41.6 Å². The molecule has 0 radical (unpaired) electrons. The normalized spacial score (nSPS) is 11.7. The molecule has 0 bridgehead atoms. The van der Waals surface area contributed by atoms with Crippen molar-refractivity contribution in [2.45, 2.75) is 32.9 Å². The highest BCUT2D eigenvalue weighted by atomic mass is 19.2. The van der Waals surface area contributed by atoms with E-state index in [1.807, 2.05) is 18.2 Å². The summed E-state index contributed by atoms with van der Waals surface area (Å²) in [6.07, 6.45) is -2.56. The SMILES string of the molecule is CC(C)(C)OC(=O)c1c[n+](CC(=O)c2ccccc2)ccn1.Fc1c(F)c(F)c([B-](c2c(F)c(F)c(F)c(F)c2F)(c2c(F)c(F)c(F)c(F)c2F)c2c(F)c(F)c(F)c(F)c2F)c(F)c1F. The van der Waals surface area contributed by atoms with Gasteiger partial charge in [0.25, 0.3) is 0 Å². The van der Waals surface area contributed by atoms with Crippen LogP contribution in [0.4, 0.5) is 87.8 Å². The van der Waals surface area contributed by atoms with Crippen LogP contribution < -0.4 is 26.4 Å². The molecule has 354 valence electrons. The first-order valence-corrected chi connectivity index (χ1v) is 18.0. The minimum Gasteiger partial charge on any atom is -0.455 e. The smallest absolute Gasteiger partial charge is 0.363 e. The van der Waals surface area contributed by atoms with Crippen LogP contribution in [0, 0.1) is 116 Å². The number of aromatic nitrogens is 2. The van der Waals surface area contributed by atoms with Crippen LogP contribution in [-0.2, 0) is 11.3 Å². The lowest BCUT2D eigenvalue weighted by Gasteiger charge is -2.44. The number of Topliss-reactive ketones (excluding diaryl/α,β-unsaturated/α-hetero) is 1. The number of ketones is 1. The molecule has 5 nitrogen and oxygen atoms in total. The molecular weight excluding hydrogens is 959 g/mol. The van der Waals surface area contributed by atoms with Crippen LogP contribution in [0.25, 0.3) is 0 Å². The molecule has 0 aliphatic rings. The number of carbonyl (C=O) groups excluding carboxylic acids is 2. The lowest BCUT2D eigenvalue weighted by atomic mass is 9.12. The fourth-order valence-electron chi connectivity index (χ4n) is 6.72. The summed E-state index contributed by atoms with van der Waals surface area (Å²) in [6, 6.07) is 9.02. The van der Waals surface area contributed by atoms with Gasteiger partial charge in [0.15, 0.2) is 76.0 Å². The van der Waals surface area contributed by atoms with E-state index in [0.29, 0.717) is 5.56 Å². The second-order valence-corrected chi connectivity index (χ2v) is 14.7. The van der Waals surface area contributed by atoms with Gasteiger partial charge in [-0.3, -0.25) is 4.79 Å². The number of hydrogen-bond acceptors (Lipinski definition) is 4. The number of rotatable bonds is 8. The molecule has 0 fully saturated rings. The van der Waals surface area contributed by atoms with Crippen molar-refractivity contribution in [1.29, 1.82) is 0 Å². The molecule has 0 saturated heterocycles. The van der Waals surface area contributed by atoms with Gasteiger partial charge in [-0.15, -0.1) is 21.9 Å². The van der Waals surface area contributed by atoms with E-state index in [0.717, 1.165) is 0 Å².